The Kier molecular flexibility index (Phi) is 5.00. The fourth-order valence-corrected chi connectivity index (χ4v) is 5.53. The Morgan fingerprint density at radius 2 is 2.10 bits per heavy atom. The van der Waals surface area contributed by atoms with Gasteiger partial charge in [0.1, 0.15) is 12.2 Å². The van der Waals surface area contributed by atoms with Crippen molar-refractivity contribution in [3.05, 3.63) is 35.3 Å². The predicted octanol–water partition coefficient (Wildman–Crippen LogP) is 2.61. The van der Waals surface area contributed by atoms with E-state index < -0.39 is 35.2 Å². The molecular formula is C22H26O8. The zero-order valence-corrected chi connectivity index (χ0v) is 17.3. The summed E-state index contributed by atoms with van der Waals surface area (Å²) < 4.78 is 21.3. The summed E-state index contributed by atoms with van der Waals surface area (Å²) in [7, 11) is 1.20. The molecule has 2 aliphatic carbocycles. The summed E-state index contributed by atoms with van der Waals surface area (Å²) in [5.74, 6) is -1.93. The summed E-state index contributed by atoms with van der Waals surface area (Å²) in [6.07, 6.45) is 3.60. The van der Waals surface area contributed by atoms with E-state index in [1.165, 1.54) is 20.3 Å². The molecule has 4 rings (SSSR count). The smallest absolute Gasteiger partial charge is 0.342 e. The molecule has 0 radical (unpaired) electrons. The van der Waals surface area contributed by atoms with Crippen molar-refractivity contribution in [3.8, 4) is 0 Å². The maximum Gasteiger partial charge on any atom is 0.342 e. The van der Waals surface area contributed by atoms with Gasteiger partial charge in [-0.15, -0.1) is 0 Å². The normalized spacial score (nSPS) is 35.7. The first-order valence-corrected chi connectivity index (χ1v) is 10.2. The molecule has 8 heteroatoms. The summed E-state index contributed by atoms with van der Waals surface area (Å²) in [4.78, 5) is 37.7. The first-order chi connectivity index (χ1) is 14.2. The lowest BCUT2D eigenvalue weighted by molar-refractivity contribution is -0.166. The van der Waals surface area contributed by atoms with Gasteiger partial charge in [-0.1, -0.05) is 6.92 Å². The lowest BCUT2D eigenvalue weighted by Gasteiger charge is -2.48. The van der Waals surface area contributed by atoms with Gasteiger partial charge in [0.2, 0.25) is 0 Å². The number of ether oxygens (including phenoxy) is 3. The quantitative estimate of drug-likeness (QED) is 0.453. The number of cyclic esters (lactones) is 1. The van der Waals surface area contributed by atoms with Crippen LogP contribution in [0, 0.1) is 11.3 Å². The van der Waals surface area contributed by atoms with Crippen LogP contribution < -0.4 is 0 Å². The molecule has 0 saturated carbocycles. The number of furan rings is 1. The molecule has 2 heterocycles. The average molecular weight is 418 g/mol. The molecule has 0 amide bonds. The molecule has 8 nitrogen and oxygen atoms in total. The Balaban J connectivity index is 1.88. The summed E-state index contributed by atoms with van der Waals surface area (Å²) in [5.41, 5.74) is -1.25. The molecule has 3 aliphatic rings. The lowest BCUT2D eigenvalue weighted by Crippen LogP contribution is -2.55. The van der Waals surface area contributed by atoms with Crippen molar-refractivity contribution in [3.63, 3.8) is 0 Å². The van der Waals surface area contributed by atoms with Crippen molar-refractivity contribution in [1.82, 2.24) is 0 Å². The monoisotopic (exact) mass is 418 g/mol. The largest absolute Gasteiger partial charge is 0.472 e. The number of hydrogen-bond donors (Lipinski definition) is 1. The van der Waals surface area contributed by atoms with E-state index in [4.69, 9.17) is 18.6 Å². The third kappa shape index (κ3) is 2.88. The summed E-state index contributed by atoms with van der Waals surface area (Å²) >= 11 is 0. The van der Waals surface area contributed by atoms with Crippen LogP contribution in [0.25, 0.3) is 0 Å². The molecule has 1 saturated heterocycles. The molecule has 0 aromatic carbocycles. The lowest BCUT2D eigenvalue weighted by atomic mass is 9.56. The van der Waals surface area contributed by atoms with Gasteiger partial charge in [0.25, 0.3) is 0 Å². The first-order valence-electron chi connectivity index (χ1n) is 10.2. The fraction of sp³-hybridized carbons (Fsp3) is 0.591. The highest BCUT2D eigenvalue weighted by atomic mass is 16.6. The van der Waals surface area contributed by atoms with E-state index in [1.54, 1.807) is 12.3 Å². The van der Waals surface area contributed by atoms with E-state index in [0.29, 0.717) is 36.8 Å². The summed E-state index contributed by atoms with van der Waals surface area (Å²) in [6.45, 7) is 3.21. The molecule has 1 fully saturated rings. The van der Waals surface area contributed by atoms with Crippen LogP contribution in [0.2, 0.25) is 0 Å². The van der Waals surface area contributed by atoms with Gasteiger partial charge in [-0.25, -0.2) is 4.79 Å². The van der Waals surface area contributed by atoms with Crippen LogP contribution in [0.15, 0.2) is 34.2 Å². The molecule has 1 aromatic rings. The molecule has 0 unspecified atom stereocenters. The molecule has 0 bridgehead atoms. The standard InChI is InChI=1S/C22H26O8/c1-12-9-16(29-13(2)23)18-15(5-4-7-22(18,26)20(25)27-3)21(12)10-17(30-19(21)24)14-6-8-28-11-14/h6,8,11-12,16-17,26H,4-5,7,9-10H2,1-3H3/t12-,16+,17+,21-,22+/m1/s1. The fourth-order valence-electron chi connectivity index (χ4n) is 5.53. The van der Waals surface area contributed by atoms with Gasteiger partial charge in [0, 0.05) is 24.5 Å². The maximum absolute atomic E-state index is 13.3. The maximum atomic E-state index is 13.3. The SMILES string of the molecule is COC(=O)[C@]1(O)CCCC2=C1[C@@H](OC(C)=O)C[C@@H](C)[C@]21C[C@@H](c2ccoc2)OC1=O. The minimum Gasteiger partial charge on any atom is -0.472 e. The number of carbonyl (C=O) groups is 3. The topological polar surface area (TPSA) is 112 Å². The van der Waals surface area contributed by atoms with Crippen LogP contribution in [0.5, 0.6) is 0 Å². The number of fused-ring (bicyclic) bond motifs is 1. The Morgan fingerprint density at radius 1 is 1.33 bits per heavy atom. The summed E-state index contributed by atoms with van der Waals surface area (Å²) in [5, 5.41) is 11.4. The van der Waals surface area contributed by atoms with Crippen LogP contribution in [0.1, 0.15) is 57.6 Å². The number of esters is 3. The number of methoxy groups -OCH3 is 1. The zero-order valence-electron chi connectivity index (χ0n) is 17.3. The van der Waals surface area contributed by atoms with Gasteiger partial charge in [-0.2, -0.15) is 0 Å². The van der Waals surface area contributed by atoms with E-state index in [2.05, 4.69) is 0 Å². The molecule has 30 heavy (non-hydrogen) atoms. The van der Waals surface area contributed by atoms with Crippen LogP contribution >= 0.6 is 0 Å². The van der Waals surface area contributed by atoms with Gasteiger partial charge in [-0.3, -0.25) is 9.59 Å². The van der Waals surface area contributed by atoms with Gasteiger partial charge in [0.15, 0.2) is 5.60 Å². The second-order valence-corrected chi connectivity index (χ2v) is 8.46. The molecule has 1 aliphatic heterocycles. The minimum absolute atomic E-state index is 0.140. The van der Waals surface area contributed by atoms with Gasteiger partial charge < -0.3 is 23.7 Å². The predicted molar refractivity (Wildman–Crippen MR) is 102 cm³/mol. The van der Waals surface area contributed by atoms with Crippen molar-refractivity contribution in [1.29, 1.82) is 0 Å². The number of rotatable bonds is 3. The van der Waals surface area contributed by atoms with Crippen LogP contribution in [-0.4, -0.2) is 41.8 Å². The van der Waals surface area contributed by atoms with Crippen LogP contribution in [0.4, 0.5) is 0 Å². The third-order valence-corrected chi connectivity index (χ3v) is 6.87. The van der Waals surface area contributed by atoms with E-state index >= 15 is 0 Å². The van der Waals surface area contributed by atoms with E-state index in [0.717, 1.165) is 5.56 Å². The molecule has 1 aromatic heterocycles. The Morgan fingerprint density at radius 3 is 2.73 bits per heavy atom. The van der Waals surface area contributed by atoms with Crippen LogP contribution in [0.3, 0.4) is 0 Å². The van der Waals surface area contributed by atoms with Crippen molar-refractivity contribution in [2.24, 2.45) is 11.3 Å². The van der Waals surface area contributed by atoms with Gasteiger partial charge in [0.05, 0.1) is 25.1 Å². The molecule has 1 N–H and O–H groups in total. The first kappa shape index (κ1) is 20.7. The average Bonchev–Trinajstić information content (AvgIpc) is 3.33. The number of hydrogen-bond acceptors (Lipinski definition) is 8. The Bertz CT molecular complexity index is 900. The van der Waals surface area contributed by atoms with Crippen LogP contribution in [-0.2, 0) is 28.6 Å². The molecule has 5 atom stereocenters. The second kappa shape index (κ2) is 7.27. The second-order valence-electron chi connectivity index (χ2n) is 8.46. The highest BCUT2D eigenvalue weighted by molar-refractivity contribution is 5.89. The van der Waals surface area contributed by atoms with Crippen molar-refractivity contribution in [2.45, 2.75) is 63.8 Å². The van der Waals surface area contributed by atoms with E-state index in [-0.39, 0.29) is 18.3 Å². The number of aliphatic hydroxyl groups is 1. The van der Waals surface area contributed by atoms with E-state index in [9.17, 15) is 19.5 Å². The molecular weight excluding hydrogens is 392 g/mol. The minimum atomic E-state index is -1.94. The highest BCUT2D eigenvalue weighted by Gasteiger charge is 2.63. The van der Waals surface area contributed by atoms with Crippen molar-refractivity contribution < 1.29 is 38.1 Å². The summed E-state index contributed by atoms with van der Waals surface area (Å²) in [6, 6.07) is 1.76. The molecule has 162 valence electrons. The van der Waals surface area contributed by atoms with Crippen molar-refractivity contribution >= 4 is 17.9 Å². The number of carbonyl (C=O) groups excluding carboxylic acids is 3. The Hall–Kier alpha value is -2.61. The van der Waals surface area contributed by atoms with Gasteiger partial charge in [-0.05, 0) is 43.2 Å². The highest BCUT2D eigenvalue weighted by Crippen LogP contribution is 2.60. The third-order valence-electron chi connectivity index (χ3n) is 6.87. The van der Waals surface area contributed by atoms with Crippen molar-refractivity contribution in [2.75, 3.05) is 7.11 Å². The van der Waals surface area contributed by atoms with Gasteiger partial charge >= 0.3 is 17.9 Å². The molecule has 1 spiro atoms. The Labute approximate surface area is 174 Å². The zero-order chi connectivity index (χ0) is 21.7. The van der Waals surface area contributed by atoms with E-state index in [1.807, 2.05) is 6.92 Å².